The highest BCUT2D eigenvalue weighted by atomic mass is 16.2. The van der Waals surface area contributed by atoms with Gasteiger partial charge in [0.05, 0.1) is 13.1 Å². The van der Waals surface area contributed by atoms with Crippen molar-refractivity contribution in [2.24, 2.45) is 5.92 Å². The minimum absolute atomic E-state index is 0.127. The smallest absolute Gasteiger partial charge is 0.243 e. The maximum atomic E-state index is 11.5. The molecule has 1 heterocycles. The summed E-state index contributed by atoms with van der Waals surface area (Å²) >= 11 is 0. The predicted molar refractivity (Wildman–Crippen MR) is 55.3 cm³/mol. The number of imide groups is 1. The fraction of sp³-hybridized carbons (Fsp3) is 0.700. The number of rotatable bonds is 4. The molecule has 2 fully saturated rings. The van der Waals surface area contributed by atoms with E-state index in [1.807, 2.05) is 0 Å². The summed E-state index contributed by atoms with van der Waals surface area (Å²) in [5.74, 6) is -0.329. The molecule has 2 N–H and O–H groups in total. The predicted octanol–water partition coefficient (Wildman–Crippen LogP) is -1.53. The number of piperazine rings is 1. The number of nitrogens with one attached hydrogen (secondary N) is 2. The fourth-order valence-electron chi connectivity index (χ4n) is 1.56. The van der Waals surface area contributed by atoms with E-state index in [1.54, 1.807) is 0 Å². The minimum atomic E-state index is -0.335. The van der Waals surface area contributed by atoms with Crippen molar-refractivity contribution in [2.75, 3.05) is 26.2 Å². The second-order valence-corrected chi connectivity index (χ2v) is 4.22. The Labute approximate surface area is 93.4 Å². The van der Waals surface area contributed by atoms with Crippen LogP contribution in [-0.2, 0) is 14.4 Å². The Morgan fingerprint density at radius 1 is 1.31 bits per heavy atom. The zero-order chi connectivity index (χ0) is 11.5. The summed E-state index contributed by atoms with van der Waals surface area (Å²) in [6.07, 6.45) is 2.32. The first-order valence-corrected chi connectivity index (χ1v) is 5.47. The van der Waals surface area contributed by atoms with E-state index in [0.29, 0.717) is 12.5 Å². The third-order valence-electron chi connectivity index (χ3n) is 2.74. The molecule has 0 radical (unpaired) electrons. The molecule has 0 aromatic carbocycles. The molecule has 0 atom stereocenters. The van der Waals surface area contributed by atoms with E-state index >= 15 is 0 Å². The molecule has 2 aliphatic rings. The van der Waals surface area contributed by atoms with Crippen LogP contribution in [0.5, 0.6) is 0 Å². The first-order chi connectivity index (χ1) is 7.66. The number of carbonyl (C=O) groups excluding carboxylic acids is 3. The molecule has 6 heteroatoms. The van der Waals surface area contributed by atoms with Crippen molar-refractivity contribution in [3.63, 3.8) is 0 Å². The van der Waals surface area contributed by atoms with Crippen molar-refractivity contribution >= 4 is 17.7 Å². The summed E-state index contributed by atoms with van der Waals surface area (Å²) in [6, 6.07) is 0. The summed E-state index contributed by atoms with van der Waals surface area (Å²) in [5, 5.41) is 5.40. The van der Waals surface area contributed by atoms with Crippen molar-refractivity contribution < 1.29 is 14.4 Å². The van der Waals surface area contributed by atoms with Crippen LogP contribution in [0.4, 0.5) is 0 Å². The molecule has 0 unspecified atom stereocenters. The average Bonchev–Trinajstić information content (AvgIpc) is 3.04. The van der Waals surface area contributed by atoms with Gasteiger partial charge in [0.2, 0.25) is 17.7 Å². The van der Waals surface area contributed by atoms with E-state index in [9.17, 15) is 14.4 Å². The van der Waals surface area contributed by atoms with Crippen LogP contribution in [0.3, 0.4) is 0 Å². The number of nitrogens with zero attached hydrogens (tertiary/aromatic N) is 1. The van der Waals surface area contributed by atoms with Crippen LogP contribution < -0.4 is 10.6 Å². The van der Waals surface area contributed by atoms with Crippen LogP contribution >= 0.6 is 0 Å². The molecule has 0 spiro atoms. The van der Waals surface area contributed by atoms with Gasteiger partial charge in [-0.1, -0.05) is 0 Å². The van der Waals surface area contributed by atoms with E-state index in [4.69, 9.17) is 0 Å². The van der Waals surface area contributed by atoms with Gasteiger partial charge >= 0.3 is 0 Å². The monoisotopic (exact) mass is 225 g/mol. The highest BCUT2D eigenvalue weighted by Gasteiger charge is 2.28. The summed E-state index contributed by atoms with van der Waals surface area (Å²) in [4.78, 5) is 35.2. The van der Waals surface area contributed by atoms with Crippen molar-refractivity contribution in [3.05, 3.63) is 0 Å². The lowest BCUT2D eigenvalue weighted by atomic mass is 10.3. The van der Waals surface area contributed by atoms with Crippen molar-refractivity contribution in [1.82, 2.24) is 15.5 Å². The molecule has 1 aliphatic heterocycles. The number of hydrogen-bond acceptors (Lipinski definition) is 4. The molecule has 88 valence electrons. The number of hydrogen-bond donors (Lipinski definition) is 2. The van der Waals surface area contributed by atoms with Crippen LogP contribution in [0.2, 0.25) is 0 Å². The number of amides is 3. The summed E-state index contributed by atoms with van der Waals surface area (Å²) in [6.45, 7) is 0.767. The Morgan fingerprint density at radius 2 is 1.94 bits per heavy atom. The molecule has 16 heavy (non-hydrogen) atoms. The van der Waals surface area contributed by atoms with Crippen LogP contribution in [0, 0.1) is 5.92 Å². The Balaban J connectivity index is 1.79. The van der Waals surface area contributed by atoms with Gasteiger partial charge in [-0.25, -0.2) is 0 Å². The highest BCUT2D eigenvalue weighted by molar-refractivity contribution is 6.02. The molecule has 2 rings (SSSR count). The molecule has 1 saturated heterocycles. The molecule has 0 bridgehead atoms. The van der Waals surface area contributed by atoms with Crippen molar-refractivity contribution in [1.29, 1.82) is 0 Å². The van der Waals surface area contributed by atoms with Crippen LogP contribution in [0.1, 0.15) is 12.8 Å². The molecular weight excluding hydrogens is 210 g/mol. The van der Waals surface area contributed by atoms with Gasteiger partial charge in [0, 0.05) is 6.54 Å². The molecule has 1 saturated carbocycles. The first kappa shape index (κ1) is 11.1. The molecule has 1 aliphatic carbocycles. The summed E-state index contributed by atoms with van der Waals surface area (Å²) < 4.78 is 0. The van der Waals surface area contributed by atoms with Gasteiger partial charge in [-0.2, -0.15) is 0 Å². The SMILES string of the molecule is O=C(CN1C(=O)CNCC1=O)NCC1CC1. The van der Waals surface area contributed by atoms with Gasteiger partial charge in [0.15, 0.2) is 0 Å². The van der Waals surface area contributed by atoms with Gasteiger partial charge in [0.25, 0.3) is 0 Å². The standard InChI is InChI=1S/C10H15N3O3/c14-8(12-3-7-1-2-7)6-13-9(15)4-11-5-10(13)16/h7,11H,1-6H2,(H,12,14). The van der Waals surface area contributed by atoms with Crippen LogP contribution in [-0.4, -0.2) is 48.8 Å². The third kappa shape index (κ3) is 2.79. The summed E-state index contributed by atoms with van der Waals surface area (Å²) in [5.41, 5.74) is 0. The summed E-state index contributed by atoms with van der Waals surface area (Å²) in [7, 11) is 0. The van der Waals surface area contributed by atoms with Gasteiger partial charge in [-0.3, -0.25) is 24.6 Å². The zero-order valence-corrected chi connectivity index (χ0v) is 8.99. The van der Waals surface area contributed by atoms with Gasteiger partial charge in [-0.05, 0) is 18.8 Å². The lowest BCUT2D eigenvalue weighted by Crippen LogP contribution is -2.54. The third-order valence-corrected chi connectivity index (χ3v) is 2.74. The second-order valence-electron chi connectivity index (χ2n) is 4.22. The average molecular weight is 225 g/mol. The largest absolute Gasteiger partial charge is 0.354 e. The Bertz CT molecular complexity index is 309. The fourth-order valence-corrected chi connectivity index (χ4v) is 1.56. The maximum Gasteiger partial charge on any atom is 0.243 e. The topological polar surface area (TPSA) is 78.5 Å². The lowest BCUT2D eigenvalue weighted by Gasteiger charge is -2.24. The van der Waals surface area contributed by atoms with Crippen molar-refractivity contribution in [2.45, 2.75) is 12.8 Å². The normalized spacial score (nSPS) is 21.1. The number of carbonyl (C=O) groups is 3. The molecular formula is C10H15N3O3. The second kappa shape index (κ2) is 4.61. The highest BCUT2D eigenvalue weighted by Crippen LogP contribution is 2.27. The van der Waals surface area contributed by atoms with Crippen molar-refractivity contribution in [3.8, 4) is 0 Å². The Kier molecular flexibility index (Phi) is 3.19. The Morgan fingerprint density at radius 3 is 2.50 bits per heavy atom. The molecule has 6 nitrogen and oxygen atoms in total. The molecule has 0 aromatic heterocycles. The quantitative estimate of drug-likeness (QED) is 0.569. The van der Waals surface area contributed by atoms with Gasteiger partial charge < -0.3 is 5.32 Å². The Hall–Kier alpha value is -1.43. The molecule has 3 amide bonds. The zero-order valence-electron chi connectivity index (χ0n) is 8.99. The van der Waals surface area contributed by atoms with E-state index in [0.717, 1.165) is 17.7 Å². The first-order valence-electron chi connectivity index (χ1n) is 5.47. The van der Waals surface area contributed by atoms with Crippen LogP contribution in [0.15, 0.2) is 0 Å². The minimum Gasteiger partial charge on any atom is -0.354 e. The molecule has 0 aromatic rings. The van der Waals surface area contributed by atoms with Crippen LogP contribution in [0.25, 0.3) is 0 Å². The van der Waals surface area contributed by atoms with E-state index in [-0.39, 0.29) is 37.4 Å². The maximum absolute atomic E-state index is 11.5. The van der Waals surface area contributed by atoms with E-state index in [1.165, 1.54) is 0 Å². The van der Waals surface area contributed by atoms with E-state index in [2.05, 4.69) is 10.6 Å². The lowest BCUT2D eigenvalue weighted by molar-refractivity contribution is -0.149. The van der Waals surface area contributed by atoms with Gasteiger partial charge in [-0.15, -0.1) is 0 Å². The van der Waals surface area contributed by atoms with E-state index < -0.39 is 0 Å². The van der Waals surface area contributed by atoms with Gasteiger partial charge in [0.1, 0.15) is 6.54 Å².